The summed E-state index contributed by atoms with van der Waals surface area (Å²) in [6, 6.07) is 0. The van der Waals surface area contributed by atoms with Crippen molar-refractivity contribution in [2.24, 2.45) is 5.92 Å². The Kier molecular flexibility index (Phi) is 6.14. The van der Waals surface area contributed by atoms with Crippen LogP contribution in [0.15, 0.2) is 12.2 Å². The molecule has 0 aromatic carbocycles. The van der Waals surface area contributed by atoms with E-state index in [1.807, 2.05) is 6.08 Å². The Morgan fingerprint density at radius 1 is 1.00 bits per heavy atom. The normalized spacial score (nSPS) is 27.3. The van der Waals surface area contributed by atoms with Gasteiger partial charge in [0.15, 0.2) is 0 Å². The monoisotopic (exact) mass is 210 g/mol. The second-order valence-corrected chi connectivity index (χ2v) is 4.43. The Morgan fingerprint density at radius 3 is 2.27 bits per heavy atom. The first-order chi connectivity index (χ1) is 7.30. The second kappa shape index (κ2) is 7.49. The maximum absolute atomic E-state index is 10.9. The molecule has 0 saturated carbocycles. The van der Waals surface area contributed by atoms with Gasteiger partial charge in [-0.3, -0.25) is 4.79 Å². The Balaban J connectivity index is 2.41. The molecule has 86 valence electrons. The molecule has 1 rings (SSSR count). The van der Waals surface area contributed by atoms with Crippen LogP contribution in [0.3, 0.4) is 0 Å². The lowest BCUT2D eigenvalue weighted by atomic mass is 9.98. The molecule has 0 amide bonds. The van der Waals surface area contributed by atoms with E-state index in [2.05, 4.69) is 6.08 Å². The number of hydrogen-bond acceptors (Lipinski definition) is 1. The number of carboxylic acids is 1. The molecule has 0 spiro atoms. The van der Waals surface area contributed by atoms with Crippen molar-refractivity contribution in [1.29, 1.82) is 0 Å². The molecule has 0 bridgehead atoms. The van der Waals surface area contributed by atoms with E-state index in [-0.39, 0.29) is 5.92 Å². The summed E-state index contributed by atoms with van der Waals surface area (Å²) in [5, 5.41) is 8.99. The van der Waals surface area contributed by atoms with Gasteiger partial charge in [0.1, 0.15) is 0 Å². The van der Waals surface area contributed by atoms with Crippen molar-refractivity contribution in [2.75, 3.05) is 0 Å². The number of hydrogen-bond donors (Lipinski definition) is 1. The molecule has 0 aromatic rings. The Morgan fingerprint density at radius 2 is 1.60 bits per heavy atom. The van der Waals surface area contributed by atoms with E-state index in [0.29, 0.717) is 0 Å². The van der Waals surface area contributed by atoms with E-state index >= 15 is 0 Å². The number of carboxylic acid groups (broad SMARTS) is 1. The van der Waals surface area contributed by atoms with Crippen LogP contribution in [0.4, 0.5) is 0 Å². The number of carbonyl (C=O) groups is 1. The molecule has 0 fully saturated rings. The molecule has 15 heavy (non-hydrogen) atoms. The lowest BCUT2D eigenvalue weighted by Gasteiger charge is -2.08. The quantitative estimate of drug-likeness (QED) is 0.669. The van der Waals surface area contributed by atoms with Crippen molar-refractivity contribution in [3.8, 4) is 0 Å². The zero-order valence-electron chi connectivity index (χ0n) is 9.45. The van der Waals surface area contributed by atoms with Crippen LogP contribution in [-0.2, 0) is 4.79 Å². The first-order valence-electron chi connectivity index (χ1n) is 6.20. The lowest BCUT2D eigenvalue weighted by molar-refractivity contribution is -0.140. The van der Waals surface area contributed by atoms with E-state index in [9.17, 15) is 4.79 Å². The van der Waals surface area contributed by atoms with Crippen molar-refractivity contribution in [3.05, 3.63) is 12.2 Å². The molecule has 1 atom stereocenters. The van der Waals surface area contributed by atoms with Crippen LogP contribution in [0.25, 0.3) is 0 Å². The van der Waals surface area contributed by atoms with Crippen LogP contribution in [0.1, 0.15) is 57.8 Å². The second-order valence-electron chi connectivity index (χ2n) is 4.43. The molecule has 0 saturated heterocycles. The highest BCUT2D eigenvalue weighted by atomic mass is 16.4. The summed E-state index contributed by atoms with van der Waals surface area (Å²) in [6.45, 7) is 0. The zero-order valence-corrected chi connectivity index (χ0v) is 9.45. The van der Waals surface area contributed by atoms with E-state index in [1.165, 1.54) is 38.5 Å². The van der Waals surface area contributed by atoms with Gasteiger partial charge in [-0.2, -0.15) is 0 Å². The Bertz CT molecular complexity index is 209. The molecule has 1 aliphatic carbocycles. The van der Waals surface area contributed by atoms with E-state index < -0.39 is 5.97 Å². The molecular weight excluding hydrogens is 188 g/mol. The SMILES string of the molecule is O=C(O)C1/C=C/CCCCCCCCC1. The van der Waals surface area contributed by atoms with E-state index in [0.717, 1.165) is 19.3 Å². The predicted octanol–water partition coefficient (Wildman–Crippen LogP) is 3.77. The van der Waals surface area contributed by atoms with Crippen LogP contribution in [-0.4, -0.2) is 11.1 Å². The fourth-order valence-electron chi connectivity index (χ4n) is 2.07. The lowest BCUT2D eigenvalue weighted by Crippen LogP contribution is -2.10. The summed E-state index contributed by atoms with van der Waals surface area (Å²) in [5.41, 5.74) is 0. The minimum Gasteiger partial charge on any atom is -0.481 e. The maximum atomic E-state index is 10.9. The number of aliphatic carboxylic acids is 1. The van der Waals surface area contributed by atoms with E-state index in [1.54, 1.807) is 0 Å². The highest BCUT2D eigenvalue weighted by Crippen LogP contribution is 2.16. The summed E-state index contributed by atoms with van der Waals surface area (Å²) in [5.74, 6) is -0.910. The van der Waals surface area contributed by atoms with Crippen molar-refractivity contribution < 1.29 is 9.90 Å². The molecule has 0 heterocycles. The van der Waals surface area contributed by atoms with Crippen molar-refractivity contribution in [3.63, 3.8) is 0 Å². The van der Waals surface area contributed by atoms with Crippen LogP contribution in [0.2, 0.25) is 0 Å². The van der Waals surface area contributed by atoms with Gasteiger partial charge in [0.05, 0.1) is 5.92 Å². The third-order valence-corrected chi connectivity index (χ3v) is 3.07. The summed E-state index contributed by atoms with van der Waals surface area (Å²) in [6.07, 6.45) is 14.5. The van der Waals surface area contributed by atoms with Gasteiger partial charge in [-0.15, -0.1) is 0 Å². The summed E-state index contributed by atoms with van der Waals surface area (Å²) < 4.78 is 0. The third kappa shape index (κ3) is 5.60. The smallest absolute Gasteiger partial charge is 0.310 e. The summed E-state index contributed by atoms with van der Waals surface area (Å²) in [7, 11) is 0. The summed E-state index contributed by atoms with van der Waals surface area (Å²) in [4.78, 5) is 10.9. The van der Waals surface area contributed by atoms with Crippen molar-refractivity contribution in [2.45, 2.75) is 57.8 Å². The largest absolute Gasteiger partial charge is 0.481 e. The van der Waals surface area contributed by atoms with E-state index in [4.69, 9.17) is 5.11 Å². The van der Waals surface area contributed by atoms with Gasteiger partial charge in [0.25, 0.3) is 0 Å². The van der Waals surface area contributed by atoms with Gasteiger partial charge in [0.2, 0.25) is 0 Å². The van der Waals surface area contributed by atoms with Gasteiger partial charge in [-0.05, 0) is 19.3 Å². The van der Waals surface area contributed by atoms with Crippen LogP contribution >= 0.6 is 0 Å². The highest BCUT2D eigenvalue weighted by Gasteiger charge is 2.12. The van der Waals surface area contributed by atoms with Crippen molar-refractivity contribution >= 4 is 5.97 Å². The molecule has 1 unspecified atom stereocenters. The van der Waals surface area contributed by atoms with Crippen LogP contribution in [0, 0.1) is 5.92 Å². The van der Waals surface area contributed by atoms with Gasteiger partial charge < -0.3 is 5.11 Å². The molecular formula is C13H22O2. The summed E-state index contributed by atoms with van der Waals surface area (Å²) >= 11 is 0. The molecule has 0 aliphatic heterocycles. The standard InChI is InChI=1S/C13H22O2/c14-13(15)12-10-8-6-4-2-1-3-5-7-9-11-12/h8,10,12H,1-7,9,11H2,(H,14,15)/b10-8+. The van der Waals surface area contributed by atoms with Gasteiger partial charge in [-0.1, -0.05) is 50.7 Å². The fourth-order valence-corrected chi connectivity index (χ4v) is 2.07. The molecule has 0 aromatic heterocycles. The molecule has 2 heteroatoms. The average molecular weight is 210 g/mol. The maximum Gasteiger partial charge on any atom is 0.310 e. The minimum absolute atomic E-state index is 0.246. The highest BCUT2D eigenvalue weighted by molar-refractivity contribution is 5.72. The van der Waals surface area contributed by atoms with Crippen LogP contribution < -0.4 is 0 Å². The average Bonchev–Trinajstić information content (AvgIpc) is 2.18. The molecule has 0 radical (unpaired) electrons. The zero-order chi connectivity index (χ0) is 10.9. The Hall–Kier alpha value is -0.790. The Labute approximate surface area is 92.4 Å². The first kappa shape index (κ1) is 12.3. The fraction of sp³-hybridized carbons (Fsp3) is 0.769. The third-order valence-electron chi connectivity index (χ3n) is 3.07. The molecule has 2 nitrogen and oxygen atoms in total. The molecule has 1 aliphatic rings. The van der Waals surface area contributed by atoms with Gasteiger partial charge in [-0.25, -0.2) is 0 Å². The topological polar surface area (TPSA) is 37.3 Å². The predicted molar refractivity (Wildman–Crippen MR) is 61.8 cm³/mol. The minimum atomic E-state index is -0.664. The van der Waals surface area contributed by atoms with Crippen LogP contribution in [0.5, 0.6) is 0 Å². The molecule has 1 N–H and O–H groups in total. The number of rotatable bonds is 1. The van der Waals surface area contributed by atoms with Gasteiger partial charge >= 0.3 is 5.97 Å². The number of allylic oxidation sites excluding steroid dienone is 1. The van der Waals surface area contributed by atoms with Crippen molar-refractivity contribution in [1.82, 2.24) is 0 Å². The first-order valence-corrected chi connectivity index (χ1v) is 6.20. The van der Waals surface area contributed by atoms with Gasteiger partial charge in [0, 0.05) is 0 Å².